The molecule has 0 aliphatic heterocycles. The van der Waals surface area contributed by atoms with Gasteiger partial charge in [0.15, 0.2) is 0 Å². The van der Waals surface area contributed by atoms with Crippen molar-refractivity contribution in [2.24, 2.45) is 0 Å². The molecule has 0 saturated heterocycles. The number of benzene rings is 1. The average Bonchev–Trinajstić information content (AvgIpc) is 2.61. The van der Waals surface area contributed by atoms with Crippen molar-refractivity contribution in [2.75, 3.05) is 0 Å². The van der Waals surface area contributed by atoms with E-state index in [-0.39, 0.29) is 0 Å². The molecule has 1 aromatic rings. The molecule has 0 N–H and O–H groups in total. The molecule has 0 bridgehead atoms. The zero-order chi connectivity index (χ0) is 10.4. The van der Waals surface area contributed by atoms with Gasteiger partial charge >= 0.3 is 35.6 Å². The van der Waals surface area contributed by atoms with Gasteiger partial charge in [0.25, 0.3) is 0 Å². The van der Waals surface area contributed by atoms with Crippen molar-refractivity contribution < 1.29 is 17.0 Å². The molecule has 0 spiro atoms. The van der Waals surface area contributed by atoms with Crippen LogP contribution in [0.1, 0.15) is 24.5 Å². The molecule has 0 heterocycles. The van der Waals surface area contributed by atoms with Gasteiger partial charge in [-0.15, -0.1) is 0 Å². The average molecular weight is 263 g/mol. The zero-order valence-corrected chi connectivity index (χ0v) is 11.1. The Bertz CT molecular complexity index is 321. The Labute approximate surface area is 102 Å². The summed E-state index contributed by atoms with van der Waals surface area (Å²) in [5, 5.41) is 0. The molecule has 2 rings (SSSR count). The summed E-state index contributed by atoms with van der Waals surface area (Å²) in [7, 11) is 9.78. The van der Waals surface area contributed by atoms with Crippen LogP contribution in [0, 0.1) is 0 Å². The first-order valence-corrected chi connectivity index (χ1v) is 8.85. The van der Waals surface area contributed by atoms with Crippen molar-refractivity contribution in [3.8, 4) is 0 Å². The van der Waals surface area contributed by atoms with E-state index in [1.54, 1.807) is 5.57 Å². The maximum atomic E-state index is 4.89. The van der Waals surface area contributed by atoms with Gasteiger partial charge in [-0.25, -0.2) is 0 Å². The first kappa shape index (κ1) is 12.3. The number of allylic oxidation sites excluding steroid dienone is 1. The Balaban J connectivity index is 0.000000293. The van der Waals surface area contributed by atoms with Crippen LogP contribution in [0.3, 0.4) is 0 Å². The molecular formula is C11H12Cl2Ti. The van der Waals surface area contributed by atoms with E-state index < -0.39 is 17.0 Å². The quantitative estimate of drug-likeness (QED) is 0.658. The van der Waals surface area contributed by atoms with Crippen LogP contribution in [0.5, 0.6) is 0 Å². The number of rotatable bonds is 1. The second kappa shape index (κ2) is 6.69. The maximum absolute atomic E-state index is 4.89. The number of hydrogen-bond donors (Lipinski definition) is 0. The fourth-order valence-corrected chi connectivity index (χ4v) is 1.58. The summed E-state index contributed by atoms with van der Waals surface area (Å²) >= 11 is -0.556. The van der Waals surface area contributed by atoms with Crippen LogP contribution in [-0.4, -0.2) is 0 Å². The van der Waals surface area contributed by atoms with Crippen LogP contribution in [0.25, 0.3) is 6.08 Å². The van der Waals surface area contributed by atoms with E-state index in [0.717, 1.165) is 0 Å². The number of hydrogen-bond acceptors (Lipinski definition) is 0. The van der Waals surface area contributed by atoms with E-state index in [0.29, 0.717) is 0 Å². The standard InChI is InChI=1S/C11H12.2ClH.Ti/c1-2-9-7-10-5-3-4-6-11(10)8-9;;;/h3-7H,2,8H2,1H3;2*1H;/q;;;+2/p-2. The van der Waals surface area contributed by atoms with Crippen molar-refractivity contribution in [1.29, 1.82) is 0 Å². The first-order chi connectivity index (χ1) is 6.81. The molecule has 1 aromatic carbocycles. The number of halogens is 2. The molecule has 0 aromatic heterocycles. The summed E-state index contributed by atoms with van der Waals surface area (Å²) < 4.78 is 0. The fourth-order valence-electron chi connectivity index (χ4n) is 1.58. The summed E-state index contributed by atoms with van der Waals surface area (Å²) in [4.78, 5) is 0. The van der Waals surface area contributed by atoms with Gasteiger partial charge in [-0.2, -0.15) is 0 Å². The molecule has 0 saturated carbocycles. The summed E-state index contributed by atoms with van der Waals surface area (Å²) in [5.74, 6) is 0. The molecular weight excluding hydrogens is 251 g/mol. The van der Waals surface area contributed by atoms with Crippen molar-refractivity contribution in [2.45, 2.75) is 19.8 Å². The van der Waals surface area contributed by atoms with Crippen molar-refractivity contribution in [3.63, 3.8) is 0 Å². The van der Waals surface area contributed by atoms with E-state index in [1.807, 2.05) is 0 Å². The van der Waals surface area contributed by atoms with Crippen molar-refractivity contribution in [1.82, 2.24) is 0 Å². The molecule has 0 nitrogen and oxygen atoms in total. The summed E-state index contributed by atoms with van der Waals surface area (Å²) in [6, 6.07) is 8.63. The van der Waals surface area contributed by atoms with Crippen LogP contribution in [-0.2, 0) is 23.5 Å². The van der Waals surface area contributed by atoms with Gasteiger partial charge in [0.05, 0.1) is 0 Å². The summed E-state index contributed by atoms with van der Waals surface area (Å²) in [6.07, 6.45) is 4.68. The molecule has 1 aliphatic rings. The second-order valence-electron chi connectivity index (χ2n) is 3.10. The van der Waals surface area contributed by atoms with Crippen LogP contribution >= 0.6 is 18.6 Å². The topological polar surface area (TPSA) is 0 Å². The second-order valence-corrected chi connectivity index (χ2v) is 5.68. The Morgan fingerprint density at radius 3 is 2.50 bits per heavy atom. The third-order valence-electron chi connectivity index (χ3n) is 2.29. The summed E-state index contributed by atoms with van der Waals surface area (Å²) in [5.41, 5.74) is 4.47. The van der Waals surface area contributed by atoms with Gasteiger partial charge in [0, 0.05) is 0 Å². The summed E-state index contributed by atoms with van der Waals surface area (Å²) in [6.45, 7) is 2.22. The SMILES string of the molecule is CCC1=Cc2ccccc2C1.[Cl][Ti][Cl]. The predicted molar refractivity (Wildman–Crippen MR) is 60.1 cm³/mol. The van der Waals surface area contributed by atoms with Crippen LogP contribution in [0.4, 0.5) is 0 Å². The minimum absolute atomic E-state index is 0.556. The first-order valence-electron chi connectivity index (χ1n) is 4.55. The van der Waals surface area contributed by atoms with E-state index >= 15 is 0 Å². The molecule has 0 amide bonds. The molecule has 0 fully saturated rings. The van der Waals surface area contributed by atoms with Crippen LogP contribution in [0.15, 0.2) is 29.8 Å². The molecule has 0 atom stereocenters. The van der Waals surface area contributed by atoms with Crippen LogP contribution < -0.4 is 0 Å². The molecule has 1 aliphatic carbocycles. The van der Waals surface area contributed by atoms with Gasteiger partial charge < -0.3 is 0 Å². The Hall–Kier alpha value is 0.254. The van der Waals surface area contributed by atoms with E-state index in [4.69, 9.17) is 18.6 Å². The third kappa shape index (κ3) is 3.44. The molecule has 14 heavy (non-hydrogen) atoms. The third-order valence-corrected chi connectivity index (χ3v) is 2.29. The van der Waals surface area contributed by atoms with Gasteiger partial charge in [0.1, 0.15) is 0 Å². The van der Waals surface area contributed by atoms with Gasteiger partial charge in [-0.3, -0.25) is 0 Å². The van der Waals surface area contributed by atoms with E-state index in [1.165, 1.54) is 24.0 Å². The Morgan fingerprint density at radius 2 is 1.93 bits per heavy atom. The van der Waals surface area contributed by atoms with Crippen LogP contribution in [0.2, 0.25) is 0 Å². The zero-order valence-electron chi connectivity index (χ0n) is 8.06. The van der Waals surface area contributed by atoms with Crippen molar-refractivity contribution in [3.05, 3.63) is 41.0 Å². The molecule has 74 valence electrons. The predicted octanol–water partition coefficient (Wildman–Crippen LogP) is 4.41. The molecule has 3 heteroatoms. The normalized spacial score (nSPS) is 12.4. The minimum atomic E-state index is -0.556. The fraction of sp³-hybridized carbons (Fsp3) is 0.273. The molecule has 0 radical (unpaired) electrons. The van der Waals surface area contributed by atoms with Gasteiger partial charge in [0.2, 0.25) is 0 Å². The van der Waals surface area contributed by atoms with Gasteiger partial charge in [-0.05, 0) is 24.0 Å². The Kier molecular flexibility index (Phi) is 5.89. The van der Waals surface area contributed by atoms with Gasteiger partial charge in [-0.1, -0.05) is 42.8 Å². The molecule has 0 unspecified atom stereocenters. The van der Waals surface area contributed by atoms with E-state index in [2.05, 4.69) is 37.3 Å². The van der Waals surface area contributed by atoms with E-state index in [9.17, 15) is 0 Å². The Morgan fingerprint density at radius 1 is 1.29 bits per heavy atom. The number of fused-ring (bicyclic) bond motifs is 1. The van der Waals surface area contributed by atoms with Crippen molar-refractivity contribution >= 4 is 24.7 Å². The monoisotopic (exact) mass is 262 g/mol.